The van der Waals surface area contributed by atoms with Crippen molar-refractivity contribution >= 4 is 6.79 Å². The van der Waals surface area contributed by atoms with Crippen molar-refractivity contribution in [3.05, 3.63) is 13.2 Å². The van der Waals surface area contributed by atoms with Gasteiger partial charge in [0.05, 0.1) is 0 Å². The van der Waals surface area contributed by atoms with Crippen LogP contribution in [0.3, 0.4) is 0 Å². The molecule has 2 N–H and O–H groups in total. The van der Waals surface area contributed by atoms with Crippen molar-refractivity contribution in [3.63, 3.8) is 0 Å². The number of nitrogens with one attached hydrogen (secondary N) is 1. The molecular formula is C21H48N2O2. The quantitative estimate of drug-likeness (QED) is 0.715. The molecule has 0 aromatic heterocycles. The molecule has 1 unspecified atom stereocenters. The van der Waals surface area contributed by atoms with E-state index in [9.17, 15) is 0 Å². The molecule has 1 saturated heterocycles. The molecule has 1 saturated carbocycles. The predicted molar refractivity (Wildman–Crippen MR) is 114 cm³/mol. The lowest BCUT2D eigenvalue weighted by Gasteiger charge is -2.31. The van der Waals surface area contributed by atoms with Crippen LogP contribution < -0.4 is 5.32 Å². The molecule has 0 spiro atoms. The van der Waals surface area contributed by atoms with Gasteiger partial charge in [-0.15, -0.1) is 13.2 Å². The van der Waals surface area contributed by atoms with Gasteiger partial charge in [0.2, 0.25) is 0 Å². The molecule has 4 heteroatoms. The highest BCUT2D eigenvalue weighted by Gasteiger charge is 2.19. The Balaban J connectivity index is -0.000000191. The number of nitrogens with zero attached hydrogens (tertiary/aromatic N) is 1. The van der Waals surface area contributed by atoms with Gasteiger partial charge in [0.15, 0.2) is 0 Å². The van der Waals surface area contributed by atoms with Gasteiger partial charge in [0.25, 0.3) is 0 Å². The minimum absolute atomic E-state index is 0.816. The van der Waals surface area contributed by atoms with Gasteiger partial charge in [-0.1, -0.05) is 47.0 Å². The largest absolute Gasteiger partial charge is 0.400 e. The second-order valence-electron chi connectivity index (χ2n) is 5.35. The number of carbonyl (C=O) groups excluding carboxylic acids is 1. The minimum atomic E-state index is 0.816. The summed E-state index contributed by atoms with van der Waals surface area (Å²) in [6, 6.07) is 1.70. The van der Waals surface area contributed by atoms with Gasteiger partial charge >= 0.3 is 0 Å². The second kappa shape index (κ2) is 31.1. The van der Waals surface area contributed by atoms with Crippen molar-refractivity contribution in [3.8, 4) is 0 Å². The number of hydrogen-bond acceptors (Lipinski definition) is 4. The molecule has 0 amide bonds. The summed E-state index contributed by atoms with van der Waals surface area (Å²) >= 11 is 0. The van der Waals surface area contributed by atoms with Gasteiger partial charge in [-0.25, -0.2) is 0 Å². The van der Waals surface area contributed by atoms with Crippen LogP contribution in [0.2, 0.25) is 0 Å². The number of carbonyl (C=O) groups is 1. The first-order valence-corrected chi connectivity index (χ1v) is 10.0. The third-order valence-electron chi connectivity index (χ3n) is 4.19. The lowest BCUT2D eigenvalue weighted by Crippen LogP contribution is -2.36. The average molecular weight is 361 g/mol. The standard InChI is InChI=1S/C13H26N2.2C2H6.C2H4.CH4O.CH2O/c1-15(13-7-3-2-4-8-13)11-9-12-6-5-10-14-12;5*1-2/h12-14H,2-11H2,1H3;2*1-2H3;1-2H2;2H,1H3;1H2. The molecule has 0 radical (unpaired) electrons. The van der Waals surface area contributed by atoms with E-state index in [0.717, 1.165) is 19.2 Å². The van der Waals surface area contributed by atoms with E-state index in [4.69, 9.17) is 9.90 Å². The van der Waals surface area contributed by atoms with E-state index in [0.29, 0.717) is 0 Å². The summed E-state index contributed by atoms with van der Waals surface area (Å²) in [5, 5.41) is 10.6. The highest BCUT2D eigenvalue weighted by molar-refractivity contribution is 5.11. The molecule has 1 heterocycles. The van der Waals surface area contributed by atoms with Crippen molar-refractivity contribution in [2.45, 2.75) is 91.1 Å². The fourth-order valence-corrected chi connectivity index (χ4v) is 3.07. The first-order valence-electron chi connectivity index (χ1n) is 10.0. The van der Waals surface area contributed by atoms with E-state index in [1.807, 2.05) is 34.5 Å². The molecule has 0 bridgehead atoms. The molecule has 4 nitrogen and oxygen atoms in total. The number of aliphatic hydroxyl groups excluding tert-OH is 1. The molecule has 0 aromatic carbocycles. The maximum atomic E-state index is 8.00. The minimum Gasteiger partial charge on any atom is -0.400 e. The Morgan fingerprint density at radius 2 is 1.40 bits per heavy atom. The maximum absolute atomic E-state index is 8.00. The van der Waals surface area contributed by atoms with Crippen LogP contribution in [0, 0.1) is 0 Å². The highest BCUT2D eigenvalue weighted by atomic mass is 16.2. The van der Waals surface area contributed by atoms with Crippen molar-refractivity contribution in [2.75, 3.05) is 27.2 Å². The summed E-state index contributed by atoms with van der Waals surface area (Å²) in [4.78, 5) is 10.6. The summed E-state index contributed by atoms with van der Waals surface area (Å²) in [7, 11) is 3.32. The summed E-state index contributed by atoms with van der Waals surface area (Å²) in [5.41, 5.74) is 0. The topological polar surface area (TPSA) is 52.6 Å². The molecule has 2 rings (SSSR count). The fourth-order valence-electron chi connectivity index (χ4n) is 3.07. The maximum Gasteiger partial charge on any atom is 0.106 e. The Morgan fingerprint density at radius 1 is 0.920 bits per heavy atom. The lowest BCUT2D eigenvalue weighted by molar-refractivity contribution is -0.0979. The van der Waals surface area contributed by atoms with Crippen LogP contribution >= 0.6 is 0 Å². The molecule has 2 aliphatic rings. The number of rotatable bonds is 4. The molecule has 25 heavy (non-hydrogen) atoms. The van der Waals surface area contributed by atoms with E-state index in [1.165, 1.54) is 64.5 Å². The van der Waals surface area contributed by atoms with Gasteiger partial charge in [0.1, 0.15) is 6.79 Å². The first kappa shape index (κ1) is 32.0. The van der Waals surface area contributed by atoms with Crippen molar-refractivity contribution in [1.82, 2.24) is 10.2 Å². The molecule has 2 fully saturated rings. The monoisotopic (exact) mass is 360 g/mol. The van der Waals surface area contributed by atoms with Crippen molar-refractivity contribution in [1.29, 1.82) is 0 Å². The van der Waals surface area contributed by atoms with Gasteiger partial charge in [0, 0.05) is 19.2 Å². The Morgan fingerprint density at radius 3 is 1.80 bits per heavy atom. The zero-order valence-electron chi connectivity index (χ0n) is 18.1. The fraction of sp³-hybridized carbons (Fsp3) is 0.857. The van der Waals surface area contributed by atoms with Crippen LogP contribution in [0.15, 0.2) is 13.2 Å². The highest BCUT2D eigenvalue weighted by Crippen LogP contribution is 2.22. The van der Waals surface area contributed by atoms with E-state index in [2.05, 4.69) is 30.4 Å². The van der Waals surface area contributed by atoms with Crippen molar-refractivity contribution < 1.29 is 9.90 Å². The summed E-state index contributed by atoms with van der Waals surface area (Å²) < 4.78 is 0. The summed E-state index contributed by atoms with van der Waals surface area (Å²) in [6.45, 7) is 18.5. The van der Waals surface area contributed by atoms with Gasteiger partial charge in [-0.3, -0.25) is 0 Å². The third kappa shape index (κ3) is 19.5. The van der Waals surface area contributed by atoms with Crippen LogP contribution in [0.5, 0.6) is 0 Å². The lowest BCUT2D eigenvalue weighted by atomic mass is 9.94. The van der Waals surface area contributed by atoms with Gasteiger partial charge in [-0.2, -0.15) is 0 Å². The predicted octanol–water partition coefficient (Wildman–Crippen LogP) is 4.67. The zero-order valence-corrected chi connectivity index (χ0v) is 18.1. The molecule has 1 atom stereocenters. The Kier molecular flexibility index (Phi) is 39.8. The first-order chi connectivity index (χ1) is 12.4. The van der Waals surface area contributed by atoms with Crippen LogP contribution in [-0.4, -0.2) is 56.1 Å². The van der Waals surface area contributed by atoms with Crippen LogP contribution in [0.1, 0.15) is 79.1 Å². The average Bonchev–Trinajstić information content (AvgIpc) is 3.28. The van der Waals surface area contributed by atoms with Crippen LogP contribution in [0.4, 0.5) is 0 Å². The zero-order chi connectivity index (χ0) is 20.5. The summed E-state index contributed by atoms with van der Waals surface area (Å²) in [6.07, 6.45) is 11.4. The van der Waals surface area contributed by atoms with Gasteiger partial charge < -0.3 is 20.1 Å². The summed E-state index contributed by atoms with van der Waals surface area (Å²) in [5.74, 6) is 0. The van der Waals surface area contributed by atoms with E-state index in [1.54, 1.807) is 0 Å². The molecule has 1 aliphatic heterocycles. The van der Waals surface area contributed by atoms with E-state index < -0.39 is 0 Å². The molecular weight excluding hydrogens is 312 g/mol. The Hall–Kier alpha value is -0.710. The molecule has 1 aliphatic carbocycles. The van der Waals surface area contributed by atoms with E-state index in [-0.39, 0.29) is 0 Å². The third-order valence-corrected chi connectivity index (χ3v) is 4.19. The van der Waals surface area contributed by atoms with Gasteiger partial charge in [-0.05, 0) is 52.2 Å². The number of aliphatic hydroxyl groups is 1. The van der Waals surface area contributed by atoms with E-state index >= 15 is 0 Å². The Bertz CT molecular complexity index is 202. The van der Waals surface area contributed by atoms with Crippen LogP contribution in [-0.2, 0) is 4.79 Å². The number of hydrogen-bond donors (Lipinski definition) is 2. The smallest absolute Gasteiger partial charge is 0.106 e. The van der Waals surface area contributed by atoms with Crippen molar-refractivity contribution in [2.24, 2.45) is 0 Å². The second-order valence-corrected chi connectivity index (χ2v) is 5.35. The molecule has 154 valence electrons. The van der Waals surface area contributed by atoms with Crippen LogP contribution in [0.25, 0.3) is 0 Å². The molecule has 0 aromatic rings. The SMILES string of the molecule is C=C.C=O.CC.CC.CN(CCC1CCCN1)C1CCCCC1.CO. The Labute approximate surface area is 159 Å². The normalized spacial score (nSPS) is 18.3.